The Morgan fingerprint density at radius 2 is 0.922 bits per heavy atom. The highest BCUT2D eigenvalue weighted by Crippen LogP contribution is 2.45. The van der Waals surface area contributed by atoms with Crippen LogP contribution in [0.5, 0.6) is 0 Å². The number of fused-ring (bicyclic) bond motifs is 6. The molecule has 240 valence electrons. The van der Waals surface area contributed by atoms with Crippen LogP contribution in [0.15, 0.2) is 199 Å². The zero-order valence-corrected chi connectivity index (χ0v) is 27.8. The van der Waals surface area contributed by atoms with Gasteiger partial charge in [0, 0.05) is 49.7 Å². The SMILES string of the molecule is c1ccc(-c2ccc(N(c3ccccc3)c3cc(-c4ccccc4-n4c5ccccc5c5ccccc54)c4oc5ccccc5c4c3)cc2)cc1. The van der Waals surface area contributed by atoms with Crippen LogP contribution in [0.2, 0.25) is 0 Å². The number of nitrogens with zero attached hydrogens (tertiary/aromatic N) is 2. The summed E-state index contributed by atoms with van der Waals surface area (Å²) in [6.45, 7) is 0. The van der Waals surface area contributed by atoms with E-state index in [0.717, 1.165) is 55.8 Å². The van der Waals surface area contributed by atoms with Gasteiger partial charge < -0.3 is 13.9 Å². The Bertz CT molecular complexity index is 2790. The van der Waals surface area contributed by atoms with Crippen molar-refractivity contribution >= 4 is 60.8 Å². The molecule has 0 radical (unpaired) electrons. The molecule has 0 atom stereocenters. The zero-order chi connectivity index (χ0) is 33.7. The van der Waals surface area contributed by atoms with Crippen LogP contribution in [0.25, 0.3) is 71.7 Å². The molecule has 10 rings (SSSR count). The average molecular weight is 653 g/mol. The molecule has 3 nitrogen and oxygen atoms in total. The van der Waals surface area contributed by atoms with E-state index in [9.17, 15) is 0 Å². The second kappa shape index (κ2) is 11.9. The van der Waals surface area contributed by atoms with Crippen LogP contribution >= 0.6 is 0 Å². The zero-order valence-electron chi connectivity index (χ0n) is 27.8. The van der Waals surface area contributed by atoms with Crippen molar-refractivity contribution in [1.82, 2.24) is 4.57 Å². The number of aromatic nitrogens is 1. The highest BCUT2D eigenvalue weighted by Gasteiger charge is 2.22. The standard InChI is InChI=1S/C48H32N2O/c1-3-15-33(16-4-1)34-27-29-36(30-28-34)49(35-17-5-2-6-18-35)37-31-42(48-43(32-37)41-22-10-14-26-47(41)51-48)40-21-9-13-25-46(40)50-44-23-11-7-19-38(44)39-20-8-12-24-45(39)50/h1-32H. The predicted molar refractivity (Wildman–Crippen MR) is 214 cm³/mol. The summed E-state index contributed by atoms with van der Waals surface area (Å²) in [5.41, 5.74) is 12.9. The van der Waals surface area contributed by atoms with Crippen LogP contribution in [-0.2, 0) is 0 Å². The van der Waals surface area contributed by atoms with E-state index < -0.39 is 0 Å². The first-order valence-electron chi connectivity index (χ1n) is 17.4. The van der Waals surface area contributed by atoms with Crippen molar-refractivity contribution in [2.24, 2.45) is 0 Å². The number of para-hydroxylation sites is 5. The van der Waals surface area contributed by atoms with E-state index in [0.29, 0.717) is 0 Å². The van der Waals surface area contributed by atoms with Gasteiger partial charge in [-0.15, -0.1) is 0 Å². The fourth-order valence-corrected chi connectivity index (χ4v) is 7.68. The van der Waals surface area contributed by atoms with Crippen LogP contribution < -0.4 is 4.90 Å². The molecule has 2 heterocycles. The van der Waals surface area contributed by atoms with Crippen molar-refractivity contribution in [3.63, 3.8) is 0 Å². The van der Waals surface area contributed by atoms with Gasteiger partial charge in [-0.2, -0.15) is 0 Å². The Kier molecular flexibility index (Phi) is 6.81. The van der Waals surface area contributed by atoms with E-state index in [-0.39, 0.29) is 0 Å². The molecule has 0 saturated carbocycles. The molecule has 3 heteroatoms. The first kappa shape index (κ1) is 29.1. The van der Waals surface area contributed by atoms with Crippen molar-refractivity contribution in [2.75, 3.05) is 4.90 Å². The van der Waals surface area contributed by atoms with Crippen LogP contribution in [0.3, 0.4) is 0 Å². The number of furan rings is 1. The molecule has 0 aliphatic carbocycles. The van der Waals surface area contributed by atoms with Crippen molar-refractivity contribution < 1.29 is 4.42 Å². The Labute approximate surface area is 295 Å². The van der Waals surface area contributed by atoms with Gasteiger partial charge in [-0.3, -0.25) is 0 Å². The lowest BCUT2D eigenvalue weighted by atomic mass is 9.98. The van der Waals surface area contributed by atoms with Crippen molar-refractivity contribution in [3.8, 4) is 27.9 Å². The lowest BCUT2D eigenvalue weighted by Crippen LogP contribution is -2.10. The highest BCUT2D eigenvalue weighted by molar-refractivity contribution is 6.13. The molecule has 51 heavy (non-hydrogen) atoms. The van der Waals surface area contributed by atoms with E-state index in [1.807, 2.05) is 6.07 Å². The van der Waals surface area contributed by atoms with Crippen molar-refractivity contribution in [1.29, 1.82) is 0 Å². The van der Waals surface area contributed by atoms with Gasteiger partial charge in [0.2, 0.25) is 0 Å². The molecular weight excluding hydrogens is 621 g/mol. The average Bonchev–Trinajstić information content (AvgIpc) is 3.75. The lowest BCUT2D eigenvalue weighted by molar-refractivity contribution is 0.670. The van der Waals surface area contributed by atoms with Crippen molar-refractivity contribution in [2.45, 2.75) is 0 Å². The molecule has 8 aromatic carbocycles. The van der Waals surface area contributed by atoms with E-state index in [1.54, 1.807) is 0 Å². The molecular formula is C48H32N2O. The van der Waals surface area contributed by atoms with Gasteiger partial charge in [0.1, 0.15) is 11.2 Å². The van der Waals surface area contributed by atoms with Gasteiger partial charge in [-0.25, -0.2) is 0 Å². The lowest BCUT2D eigenvalue weighted by Gasteiger charge is -2.26. The van der Waals surface area contributed by atoms with Crippen LogP contribution in [0.1, 0.15) is 0 Å². The molecule has 0 saturated heterocycles. The highest BCUT2D eigenvalue weighted by atomic mass is 16.3. The molecule has 0 spiro atoms. The third-order valence-corrected chi connectivity index (χ3v) is 9.98. The maximum Gasteiger partial charge on any atom is 0.143 e. The summed E-state index contributed by atoms with van der Waals surface area (Å²) < 4.78 is 9.17. The van der Waals surface area contributed by atoms with E-state index >= 15 is 0 Å². The molecule has 0 fully saturated rings. The number of benzene rings is 8. The Hall–Kier alpha value is -6.84. The predicted octanol–water partition coefficient (Wildman–Crippen LogP) is 13.5. The monoisotopic (exact) mass is 652 g/mol. The summed E-state index contributed by atoms with van der Waals surface area (Å²) in [7, 11) is 0. The second-order valence-electron chi connectivity index (χ2n) is 12.9. The van der Waals surface area contributed by atoms with Gasteiger partial charge in [0.05, 0.1) is 16.7 Å². The van der Waals surface area contributed by atoms with Gasteiger partial charge in [0.25, 0.3) is 0 Å². The molecule has 0 aliphatic heterocycles. The van der Waals surface area contributed by atoms with Crippen LogP contribution in [-0.4, -0.2) is 4.57 Å². The first-order chi connectivity index (χ1) is 25.3. The Balaban J connectivity index is 1.25. The first-order valence-corrected chi connectivity index (χ1v) is 17.4. The minimum absolute atomic E-state index is 0.874. The summed E-state index contributed by atoms with van der Waals surface area (Å²) in [5.74, 6) is 0. The summed E-state index contributed by atoms with van der Waals surface area (Å²) in [6.07, 6.45) is 0. The molecule has 0 N–H and O–H groups in total. The number of hydrogen-bond acceptors (Lipinski definition) is 2. The quantitative estimate of drug-likeness (QED) is 0.178. The van der Waals surface area contributed by atoms with Gasteiger partial charge >= 0.3 is 0 Å². The molecule has 10 aromatic rings. The normalized spacial score (nSPS) is 11.5. The smallest absolute Gasteiger partial charge is 0.143 e. The third kappa shape index (κ3) is 4.82. The van der Waals surface area contributed by atoms with Gasteiger partial charge in [-0.1, -0.05) is 133 Å². The van der Waals surface area contributed by atoms with E-state index in [1.165, 1.54) is 32.9 Å². The van der Waals surface area contributed by atoms with Gasteiger partial charge in [0.15, 0.2) is 0 Å². The van der Waals surface area contributed by atoms with Gasteiger partial charge in [-0.05, 0) is 71.8 Å². The topological polar surface area (TPSA) is 21.3 Å². The van der Waals surface area contributed by atoms with E-state index in [4.69, 9.17) is 4.42 Å². The maximum atomic E-state index is 6.77. The van der Waals surface area contributed by atoms with Crippen molar-refractivity contribution in [3.05, 3.63) is 194 Å². The number of hydrogen-bond donors (Lipinski definition) is 0. The van der Waals surface area contributed by atoms with Crippen LogP contribution in [0.4, 0.5) is 17.1 Å². The minimum Gasteiger partial charge on any atom is -0.455 e. The number of rotatable bonds is 6. The molecule has 0 unspecified atom stereocenters. The molecule has 0 aliphatic rings. The largest absolute Gasteiger partial charge is 0.455 e. The Morgan fingerprint density at radius 1 is 0.373 bits per heavy atom. The third-order valence-electron chi connectivity index (χ3n) is 9.98. The second-order valence-corrected chi connectivity index (χ2v) is 12.9. The molecule has 2 aromatic heterocycles. The summed E-state index contributed by atoms with van der Waals surface area (Å²) in [5, 5.41) is 4.65. The maximum absolute atomic E-state index is 6.77. The number of anilines is 3. The van der Waals surface area contributed by atoms with Crippen LogP contribution in [0, 0.1) is 0 Å². The minimum atomic E-state index is 0.874. The molecule has 0 bridgehead atoms. The summed E-state index contributed by atoms with van der Waals surface area (Å²) in [6, 6.07) is 69.1. The summed E-state index contributed by atoms with van der Waals surface area (Å²) in [4.78, 5) is 2.35. The fourth-order valence-electron chi connectivity index (χ4n) is 7.68. The summed E-state index contributed by atoms with van der Waals surface area (Å²) >= 11 is 0. The fraction of sp³-hybridized carbons (Fsp3) is 0. The molecule has 0 amide bonds. The Morgan fingerprint density at radius 3 is 1.65 bits per heavy atom. The van der Waals surface area contributed by atoms with E-state index in [2.05, 4.69) is 198 Å².